The number of furan rings is 1. The second-order valence-corrected chi connectivity index (χ2v) is 3.04. The molecule has 0 bridgehead atoms. The Morgan fingerprint density at radius 1 is 1.42 bits per heavy atom. The van der Waals surface area contributed by atoms with Gasteiger partial charge in [-0.1, -0.05) is 11.6 Å². The molecular weight excluding hydrogens is 179 g/mol. The normalized spacial score (nSPS) is 10.9. The summed E-state index contributed by atoms with van der Waals surface area (Å²) in [7, 11) is 0. The number of halogens is 2. The Bertz CT molecular complexity index is 394. The van der Waals surface area contributed by atoms with E-state index in [-0.39, 0.29) is 5.82 Å². The maximum Gasteiger partial charge on any atom is 0.155 e. The Morgan fingerprint density at radius 3 is 2.83 bits per heavy atom. The first-order chi connectivity index (χ1) is 5.68. The molecule has 1 nitrogen and oxygen atoms in total. The maximum absolute atomic E-state index is 13.1. The van der Waals surface area contributed by atoms with Crippen LogP contribution in [0.25, 0.3) is 11.0 Å². The lowest BCUT2D eigenvalue weighted by Gasteiger charge is -1.92. The van der Waals surface area contributed by atoms with Gasteiger partial charge in [0.05, 0.1) is 10.4 Å². The van der Waals surface area contributed by atoms with E-state index in [1.54, 1.807) is 13.0 Å². The van der Waals surface area contributed by atoms with Crippen LogP contribution < -0.4 is 0 Å². The molecule has 0 saturated carbocycles. The Kier molecular flexibility index (Phi) is 1.58. The molecule has 62 valence electrons. The highest BCUT2D eigenvalue weighted by Crippen LogP contribution is 2.28. The van der Waals surface area contributed by atoms with Crippen LogP contribution in [0.1, 0.15) is 5.76 Å². The standard InChI is InChI=1S/C9H6ClFO/c1-5-4-6-8(11)3-2-7(10)9(6)12-5/h2-4H,1H3. The fraction of sp³-hybridized carbons (Fsp3) is 0.111. The van der Waals surface area contributed by atoms with Crippen LogP contribution in [0.2, 0.25) is 5.02 Å². The van der Waals surface area contributed by atoms with E-state index in [0.717, 1.165) is 0 Å². The molecule has 0 aliphatic heterocycles. The van der Waals surface area contributed by atoms with Gasteiger partial charge in [-0.25, -0.2) is 4.39 Å². The quantitative estimate of drug-likeness (QED) is 0.611. The van der Waals surface area contributed by atoms with Crippen LogP contribution in [0.3, 0.4) is 0 Å². The van der Waals surface area contributed by atoms with Gasteiger partial charge in [0.15, 0.2) is 5.58 Å². The van der Waals surface area contributed by atoms with Crippen molar-refractivity contribution >= 4 is 22.6 Å². The van der Waals surface area contributed by atoms with E-state index in [4.69, 9.17) is 16.0 Å². The van der Waals surface area contributed by atoms with Gasteiger partial charge in [0.2, 0.25) is 0 Å². The van der Waals surface area contributed by atoms with Crippen molar-refractivity contribution in [2.45, 2.75) is 6.92 Å². The highest BCUT2D eigenvalue weighted by molar-refractivity contribution is 6.34. The Labute approximate surface area is 73.7 Å². The molecule has 0 radical (unpaired) electrons. The van der Waals surface area contributed by atoms with Gasteiger partial charge < -0.3 is 4.42 Å². The lowest BCUT2D eigenvalue weighted by Crippen LogP contribution is -1.73. The first-order valence-electron chi connectivity index (χ1n) is 3.52. The number of hydrogen-bond donors (Lipinski definition) is 0. The van der Waals surface area contributed by atoms with E-state index >= 15 is 0 Å². The van der Waals surface area contributed by atoms with Crippen LogP contribution in [0.4, 0.5) is 4.39 Å². The Hall–Kier alpha value is -1.02. The van der Waals surface area contributed by atoms with Crippen LogP contribution in [0.15, 0.2) is 22.6 Å². The zero-order valence-electron chi connectivity index (χ0n) is 6.40. The van der Waals surface area contributed by atoms with Gasteiger partial charge in [0, 0.05) is 0 Å². The molecule has 1 heterocycles. The van der Waals surface area contributed by atoms with E-state index in [0.29, 0.717) is 21.8 Å². The fourth-order valence-corrected chi connectivity index (χ4v) is 1.38. The number of rotatable bonds is 0. The summed E-state index contributed by atoms with van der Waals surface area (Å²) in [5.74, 6) is 0.364. The molecule has 0 atom stereocenters. The molecule has 3 heteroatoms. The predicted octanol–water partition coefficient (Wildman–Crippen LogP) is 3.53. The molecule has 1 aromatic heterocycles. The molecule has 2 rings (SSSR count). The smallest absolute Gasteiger partial charge is 0.155 e. The van der Waals surface area contributed by atoms with Crippen molar-refractivity contribution in [2.75, 3.05) is 0 Å². The predicted molar refractivity (Wildman–Crippen MR) is 45.9 cm³/mol. The summed E-state index contributed by atoms with van der Waals surface area (Å²) in [5.41, 5.74) is 0.425. The second kappa shape index (κ2) is 2.49. The van der Waals surface area contributed by atoms with E-state index < -0.39 is 0 Å². The minimum Gasteiger partial charge on any atom is -0.460 e. The maximum atomic E-state index is 13.1. The van der Waals surface area contributed by atoms with Gasteiger partial charge in [-0.15, -0.1) is 0 Å². The molecule has 0 aliphatic carbocycles. The SMILES string of the molecule is Cc1cc2c(F)ccc(Cl)c2o1. The number of fused-ring (bicyclic) bond motifs is 1. The largest absolute Gasteiger partial charge is 0.460 e. The zero-order valence-corrected chi connectivity index (χ0v) is 7.15. The zero-order chi connectivity index (χ0) is 8.72. The van der Waals surface area contributed by atoms with E-state index in [2.05, 4.69) is 0 Å². The van der Waals surface area contributed by atoms with Gasteiger partial charge >= 0.3 is 0 Å². The molecule has 0 amide bonds. The van der Waals surface area contributed by atoms with E-state index in [9.17, 15) is 4.39 Å². The monoisotopic (exact) mass is 184 g/mol. The van der Waals surface area contributed by atoms with Gasteiger partial charge in [-0.3, -0.25) is 0 Å². The van der Waals surface area contributed by atoms with Crippen molar-refractivity contribution in [1.82, 2.24) is 0 Å². The minimum absolute atomic E-state index is 0.300. The van der Waals surface area contributed by atoms with E-state index in [1.165, 1.54) is 12.1 Å². The first kappa shape index (κ1) is 7.62. The molecule has 2 aromatic rings. The highest BCUT2D eigenvalue weighted by Gasteiger charge is 2.08. The molecule has 0 unspecified atom stereocenters. The van der Waals surface area contributed by atoms with Crippen LogP contribution in [-0.4, -0.2) is 0 Å². The van der Waals surface area contributed by atoms with Gasteiger partial charge in [0.25, 0.3) is 0 Å². The highest BCUT2D eigenvalue weighted by atomic mass is 35.5. The van der Waals surface area contributed by atoms with Gasteiger partial charge in [-0.2, -0.15) is 0 Å². The minimum atomic E-state index is -0.300. The van der Waals surface area contributed by atoms with Crippen molar-refractivity contribution < 1.29 is 8.81 Å². The Balaban J connectivity index is 2.93. The topological polar surface area (TPSA) is 13.1 Å². The summed E-state index contributed by atoms with van der Waals surface area (Å²) in [4.78, 5) is 0. The van der Waals surface area contributed by atoms with Crippen molar-refractivity contribution in [2.24, 2.45) is 0 Å². The average Bonchev–Trinajstić information content (AvgIpc) is 2.41. The summed E-state index contributed by atoms with van der Waals surface area (Å²) < 4.78 is 18.3. The molecule has 0 saturated heterocycles. The molecule has 0 fully saturated rings. The second-order valence-electron chi connectivity index (χ2n) is 2.63. The fourth-order valence-electron chi connectivity index (χ4n) is 1.18. The van der Waals surface area contributed by atoms with Crippen LogP contribution >= 0.6 is 11.6 Å². The molecule has 1 aromatic carbocycles. The Morgan fingerprint density at radius 2 is 2.17 bits per heavy atom. The number of aryl methyl sites for hydroxylation is 1. The van der Waals surface area contributed by atoms with Gasteiger partial charge in [-0.05, 0) is 25.1 Å². The van der Waals surface area contributed by atoms with Crippen molar-refractivity contribution in [3.8, 4) is 0 Å². The van der Waals surface area contributed by atoms with Crippen molar-refractivity contribution in [1.29, 1.82) is 0 Å². The third kappa shape index (κ3) is 0.994. The molecular formula is C9H6ClFO. The average molecular weight is 185 g/mol. The molecule has 0 N–H and O–H groups in total. The number of benzene rings is 1. The molecule has 0 aliphatic rings. The lowest BCUT2D eigenvalue weighted by molar-refractivity contribution is 0.577. The van der Waals surface area contributed by atoms with Gasteiger partial charge in [0.1, 0.15) is 11.6 Å². The van der Waals surface area contributed by atoms with Crippen LogP contribution in [0, 0.1) is 12.7 Å². The summed E-state index contributed by atoms with van der Waals surface area (Å²) in [6.45, 7) is 1.76. The first-order valence-corrected chi connectivity index (χ1v) is 3.90. The van der Waals surface area contributed by atoms with Crippen molar-refractivity contribution in [3.05, 3.63) is 34.8 Å². The third-order valence-corrected chi connectivity index (χ3v) is 2.00. The van der Waals surface area contributed by atoms with E-state index in [1.807, 2.05) is 0 Å². The summed E-state index contributed by atoms with van der Waals surface area (Å²) in [5, 5.41) is 0.888. The van der Waals surface area contributed by atoms with Crippen LogP contribution in [-0.2, 0) is 0 Å². The lowest BCUT2D eigenvalue weighted by atomic mass is 10.2. The van der Waals surface area contributed by atoms with Crippen LogP contribution in [0.5, 0.6) is 0 Å². The molecule has 12 heavy (non-hydrogen) atoms. The summed E-state index contributed by atoms with van der Waals surface area (Å²) in [6, 6.07) is 4.46. The molecule has 0 spiro atoms. The number of hydrogen-bond acceptors (Lipinski definition) is 1. The summed E-state index contributed by atoms with van der Waals surface area (Å²) >= 11 is 5.78. The third-order valence-electron chi connectivity index (χ3n) is 1.71. The van der Waals surface area contributed by atoms with Crippen molar-refractivity contribution in [3.63, 3.8) is 0 Å². The summed E-state index contributed by atoms with van der Waals surface area (Å²) in [6.07, 6.45) is 0.